The maximum atomic E-state index is 5.63. The van der Waals surface area contributed by atoms with Gasteiger partial charge in [-0.3, -0.25) is 0 Å². The smallest absolute Gasteiger partial charge is 0.229 e. The van der Waals surface area contributed by atoms with Crippen LogP contribution in [0.2, 0.25) is 0 Å². The van der Waals surface area contributed by atoms with E-state index in [4.69, 9.17) is 4.42 Å². The predicted octanol–water partition coefficient (Wildman–Crippen LogP) is 3.26. The van der Waals surface area contributed by atoms with Crippen LogP contribution in [0.15, 0.2) is 34.2 Å². The van der Waals surface area contributed by atoms with E-state index in [0.717, 1.165) is 11.1 Å². The summed E-state index contributed by atoms with van der Waals surface area (Å²) in [6, 6.07) is 5.74. The first-order valence-electron chi connectivity index (χ1n) is 4.60. The lowest BCUT2D eigenvalue weighted by molar-refractivity contribution is 0.619. The Morgan fingerprint density at radius 1 is 1.33 bits per heavy atom. The minimum Gasteiger partial charge on any atom is -0.434 e. The molecule has 0 atom stereocenters. The number of rotatable bonds is 1. The summed E-state index contributed by atoms with van der Waals surface area (Å²) in [6.07, 6.45) is 1.72. The van der Waals surface area contributed by atoms with Gasteiger partial charge in [-0.05, 0) is 30.5 Å². The number of aromatic nitrogens is 2. The van der Waals surface area contributed by atoms with Crippen molar-refractivity contribution in [2.75, 3.05) is 0 Å². The van der Waals surface area contributed by atoms with Crippen molar-refractivity contribution in [1.82, 2.24) is 9.97 Å². The molecule has 0 unspecified atom stereocenters. The molecule has 0 saturated heterocycles. The Balaban J connectivity index is 2.24. The Morgan fingerprint density at radius 3 is 3.00 bits per heavy atom. The minimum absolute atomic E-state index is 0.655. The molecular weight excluding hydrogens is 208 g/mol. The third-order valence-corrected chi connectivity index (χ3v) is 3.10. The van der Waals surface area contributed by atoms with Gasteiger partial charge >= 0.3 is 0 Å². The van der Waals surface area contributed by atoms with Crippen molar-refractivity contribution in [1.29, 1.82) is 0 Å². The zero-order valence-corrected chi connectivity index (χ0v) is 8.91. The van der Waals surface area contributed by atoms with Crippen LogP contribution in [0, 0.1) is 6.92 Å². The van der Waals surface area contributed by atoms with Crippen LogP contribution in [0.5, 0.6) is 0 Å². The lowest BCUT2D eigenvalue weighted by Crippen LogP contribution is -1.76. The molecule has 15 heavy (non-hydrogen) atoms. The Morgan fingerprint density at radius 2 is 2.27 bits per heavy atom. The average molecular weight is 216 g/mol. The van der Waals surface area contributed by atoms with Crippen LogP contribution in [-0.4, -0.2) is 9.97 Å². The van der Waals surface area contributed by atoms with Crippen LogP contribution < -0.4 is 0 Å². The second kappa shape index (κ2) is 3.17. The Bertz CT molecular complexity index is 579. The summed E-state index contributed by atoms with van der Waals surface area (Å²) in [6.45, 7) is 2.06. The summed E-state index contributed by atoms with van der Waals surface area (Å²) in [5.41, 5.74) is 2.45. The zero-order chi connectivity index (χ0) is 10.3. The Labute approximate surface area is 90.4 Å². The number of nitrogens with zero attached hydrogens (tertiary/aromatic N) is 2. The molecule has 0 saturated carbocycles. The molecule has 0 aliphatic rings. The molecule has 0 spiro atoms. The van der Waals surface area contributed by atoms with Crippen LogP contribution in [0.4, 0.5) is 0 Å². The zero-order valence-electron chi connectivity index (χ0n) is 8.10. The van der Waals surface area contributed by atoms with Crippen LogP contribution in [0.1, 0.15) is 4.88 Å². The fourth-order valence-corrected chi connectivity index (χ4v) is 2.18. The summed E-state index contributed by atoms with van der Waals surface area (Å²) in [5, 5.41) is 2.03. The number of oxazole rings is 1. The van der Waals surface area contributed by atoms with Crippen LogP contribution in [0.3, 0.4) is 0 Å². The van der Waals surface area contributed by atoms with E-state index < -0.39 is 0 Å². The molecular formula is C11H8N2OS. The van der Waals surface area contributed by atoms with Gasteiger partial charge in [0.15, 0.2) is 11.2 Å². The van der Waals surface area contributed by atoms with E-state index in [1.54, 1.807) is 17.5 Å². The van der Waals surface area contributed by atoms with Crippen molar-refractivity contribution in [3.05, 3.63) is 34.7 Å². The maximum absolute atomic E-state index is 5.63. The van der Waals surface area contributed by atoms with Crippen molar-refractivity contribution in [3.8, 4) is 11.5 Å². The largest absolute Gasteiger partial charge is 0.434 e. The predicted molar refractivity (Wildman–Crippen MR) is 59.9 cm³/mol. The first-order valence-corrected chi connectivity index (χ1v) is 5.48. The fraction of sp³-hybridized carbons (Fsp3) is 0.0909. The SMILES string of the molecule is Cc1sccc1-c1nc2ncccc2o1. The van der Waals surface area contributed by atoms with Gasteiger partial charge in [0.25, 0.3) is 0 Å². The van der Waals surface area contributed by atoms with Gasteiger partial charge in [-0.15, -0.1) is 11.3 Å². The molecule has 0 amide bonds. The topological polar surface area (TPSA) is 38.9 Å². The monoisotopic (exact) mass is 216 g/mol. The second-order valence-electron chi connectivity index (χ2n) is 3.23. The Kier molecular flexibility index (Phi) is 1.82. The van der Waals surface area contributed by atoms with Gasteiger partial charge in [-0.2, -0.15) is 4.98 Å². The van der Waals surface area contributed by atoms with E-state index in [1.165, 1.54) is 4.88 Å². The molecule has 4 heteroatoms. The number of fused-ring (bicyclic) bond motifs is 1. The van der Waals surface area contributed by atoms with Gasteiger partial charge in [0.05, 0.1) is 5.56 Å². The maximum Gasteiger partial charge on any atom is 0.229 e. The first-order chi connectivity index (χ1) is 7.34. The third-order valence-electron chi connectivity index (χ3n) is 2.25. The summed E-state index contributed by atoms with van der Waals surface area (Å²) in [7, 11) is 0. The highest BCUT2D eigenvalue weighted by molar-refractivity contribution is 7.10. The molecule has 0 N–H and O–H groups in total. The average Bonchev–Trinajstić information content (AvgIpc) is 2.82. The summed E-state index contributed by atoms with van der Waals surface area (Å²) < 4.78 is 5.63. The molecule has 0 aliphatic carbocycles. The molecule has 3 heterocycles. The molecule has 3 nitrogen and oxygen atoms in total. The highest BCUT2D eigenvalue weighted by Crippen LogP contribution is 2.28. The molecule has 0 aromatic carbocycles. The standard InChI is InChI=1S/C11H8N2OS/c1-7-8(4-6-15-7)11-13-10-9(14-11)3-2-5-12-10/h2-6H,1H3. The first kappa shape index (κ1) is 8.61. The number of hydrogen-bond acceptors (Lipinski definition) is 4. The molecule has 0 radical (unpaired) electrons. The molecule has 3 aromatic heterocycles. The molecule has 3 aromatic rings. The fourth-order valence-electron chi connectivity index (χ4n) is 1.49. The van der Waals surface area contributed by atoms with E-state index in [9.17, 15) is 0 Å². The normalized spacial score (nSPS) is 11.0. The van der Waals surface area contributed by atoms with Crippen LogP contribution in [0.25, 0.3) is 22.7 Å². The lowest BCUT2D eigenvalue weighted by atomic mass is 10.3. The third kappa shape index (κ3) is 1.34. The highest BCUT2D eigenvalue weighted by atomic mass is 32.1. The van der Waals surface area contributed by atoms with E-state index in [0.29, 0.717) is 11.5 Å². The van der Waals surface area contributed by atoms with E-state index in [2.05, 4.69) is 16.9 Å². The van der Waals surface area contributed by atoms with E-state index in [-0.39, 0.29) is 0 Å². The van der Waals surface area contributed by atoms with Crippen molar-refractivity contribution in [2.24, 2.45) is 0 Å². The van der Waals surface area contributed by atoms with Crippen molar-refractivity contribution < 1.29 is 4.42 Å². The molecule has 3 rings (SSSR count). The second-order valence-corrected chi connectivity index (χ2v) is 4.35. The number of aryl methyl sites for hydroxylation is 1. The van der Waals surface area contributed by atoms with Gasteiger partial charge in [0.1, 0.15) is 0 Å². The Hall–Kier alpha value is -1.68. The summed E-state index contributed by atoms with van der Waals surface area (Å²) in [4.78, 5) is 9.69. The number of thiophene rings is 1. The molecule has 0 fully saturated rings. The van der Waals surface area contributed by atoms with Crippen LogP contribution in [-0.2, 0) is 0 Å². The van der Waals surface area contributed by atoms with Gasteiger partial charge < -0.3 is 4.42 Å². The number of hydrogen-bond donors (Lipinski definition) is 0. The lowest BCUT2D eigenvalue weighted by Gasteiger charge is -1.89. The van der Waals surface area contributed by atoms with Gasteiger partial charge in [0.2, 0.25) is 5.89 Å². The van der Waals surface area contributed by atoms with Crippen molar-refractivity contribution >= 4 is 22.6 Å². The molecule has 74 valence electrons. The summed E-state index contributed by atoms with van der Waals surface area (Å²) >= 11 is 1.69. The van der Waals surface area contributed by atoms with E-state index in [1.807, 2.05) is 23.6 Å². The van der Waals surface area contributed by atoms with E-state index >= 15 is 0 Å². The van der Waals surface area contributed by atoms with Gasteiger partial charge in [-0.1, -0.05) is 0 Å². The number of pyridine rings is 1. The van der Waals surface area contributed by atoms with Crippen LogP contribution >= 0.6 is 11.3 Å². The highest BCUT2D eigenvalue weighted by Gasteiger charge is 2.11. The molecule has 0 aliphatic heterocycles. The quantitative estimate of drug-likeness (QED) is 0.626. The molecule has 0 bridgehead atoms. The summed E-state index contributed by atoms with van der Waals surface area (Å²) in [5.74, 6) is 0.655. The minimum atomic E-state index is 0.655. The van der Waals surface area contributed by atoms with Gasteiger partial charge in [0, 0.05) is 11.1 Å². The van der Waals surface area contributed by atoms with Crippen molar-refractivity contribution in [2.45, 2.75) is 6.92 Å². The van der Waals surface area contributed by atoms with Crippen molar-refractivity contribution in [3.63, 3.8) is 0 Å². The van der Waals surface area contributed by atoms with Gasteiger partial charge in [-0.25, -0.2) is 4.98 Å².